The van der Waals surface area contributed by atoms with Crippen molar-refractivity contribution in [3.63, 3.8) is 0 Å². The number of likely N-dealkylation sites (tertiary alicyclic amines) is 1. The lowest BCUT2D eigenvalue weighted by Crippen LogP contribution is -2.32. The van der Waals surface area contributed by atoms with Gasteiger partial charge in [-0.3, -0.25) is 4.79 Å². The number of amides is 1. The average Bonchev–Trinajstić information content (AvgIpc) is 3.47. The second kappa shape index (κ2) is 9.38. The molecule has 0 N–H and O–H groups in total. The Bertz CT molecular complexity index is 1070. The molecule has 0 radical (unpaired) electrons. The second-order valence-electron chi connectivity index (χ2n) is 7.30. The number of aromatic nitrogens is 4. The Balaban J connectivity index is 1.50. The molecule has 8 nitrogen and oxygen atoms in total. The van der Waals surface area contributed by atoms with Crippen molar-refractivity contribution in [1.82, 2.24) is 25.1 Å². The molecule has 4 rings (SSSR count). The van der Waals surface area contributed by atoms with Crippen LogP contribution in [0.4, 0.5) is 0 Å². The van der Waals surface area contributed by atoms with E-state index in [9.17, 15) is 4.79 Å². The Kier molecular flexibility index (Phi) is 6.41. The first-order valence-electron chi connectivity index (χ1n) is 10.1. The fraction of sp³-hybridized carbons (Fsp3) is 0.364. The number of nitrogens with zero attached hydrogens (tertiary/aromatic N) is 5. The van der Waals surface area contributed by atoms with Crippen LogP contribution in [-0.2, 0) is 4.79 Å². The predicted octanol–water partition coefficient (Wildman–Crippen LogP) is 3.44. The lowest BCUT2D eigenvalue weighted by Gasteiger charge is -2.26. The van der Waals surface area contributed by atoms with Crippen molar-refractivity contribution in [2.75, 3.05) is 26.5 Å². The topological polar surface area (TPSA) is 82.4 Å². The number of carbonyl (C=O) groups is 1. The lowest BCUT2D eigenvalue weighted by molar-refractivity contribution is -0.129. The minimum atomic E-state index is -0.0366. The molecule has 0 spiro atoms. The van der Waals surface area contributed by atoms with Crippen molar-refractivity contribution in [3.05, 3.63) is 53.6 Å². The monoisotopic (exact) mass is 439 g/mol. The van der Waals surface area contributed by atoms with Crippen molar-refractivity contribution in [2.24, 2.45) is 0 Å². The molecule has 1 aliphatic heterocycles. The first kappa shape index (κ1) is 21.2. The average molecular weight is 440 g/mol. The number of methoxy groups -OCH3 is 2. The predicted molar refractivity (Wildman–Crippen MR) is 118 cm³/mol. The summed E-state index contributed by atoms with van der Waals surface area (Å²) < 4.78 is 12.6. The highest BCUT2D eigenvalue weighted by Crippen LogP contribution is 2.39. The highest BCUT2D eigenvalue weighted by Gasteiger charge is 2.32. The van der Waals surface area contributed by atoms with E-state index >= 15 is 0 Å². The minimum absolute atomic E-state index is 0.0366. The van der Waals surface area contributed by atoms with Crippen molar-refractivity contribution >= 4 is 17.7 Å². The quantitative estimate of drug-likeness (QED) is 0.522. The van der Waals surface area contributed by atoms with Gasteiger partial charge in [0.05, 0.1) is 31.7 Å². The Labute approximate surface area is 185 Å². The van der Waals surface area contributed by atoms with Crippen LogP contribution >= 0.6 is 11.8 Å². The summed E-state index contributed by atoms with van der Waals surface area (Å²) in [5.41, 5.74) is 2.94. The number of hydrogen-bond acceptors (Lipinski definition) is 7. The number of tetrazole rings is 1. The van der Waals surface area contributed by atoms with E-state index in [-0.39, 0.29) is 17.7 Å². The molecule has 2 aromatic carbocycles. The smallest absolute Gasteiger partial charge is 0.233 e. The molecule has 1 saturated heterocycles. The fourth-order valence-corrected chi connectivity index (χ4v) is 4.69. The van der Waals surface area contributed by atoms with Gasteiger partial charge in [-0.15, -0.1) is 5.10 Å². The zero-order valence-electron chi connectivity index (χ0n) is 17.8. The van der Waals surface area contributed by atoms with Gasteiger partial charge < -0.3 is 14.4 Å². The van der Waals surface area contributed by atoms with Crippen LogP contribution in [0.25, 0.3) is 5.69 Å². The van der Waals surface area contributed by atoms with Crippen LogP contribution in [0.15, 0.2) is 47.6 Å². The lowest BCUT2D eigenvalue weighted by atomic mass is 10.0. The fourth-order valence-electron chi connectivity index (χ4n) is 3.92. The van der Waals surface area contributed by atoms with E-state index in [1.54, 1.807) is 18.9 Å². The number of para-hydroxylation sites is 1. The summed E-state index contributed by atoms with van der Waals surface area (Å²) in [6, 6.07) is 13.6. The summed E-state index contributed by atoms with van der Waals surface area (Å²) in [7, 11) is 3.28. The van der Waals surface area contributed by atoms with Crippen molar-refractivity contribution in [1.29, 1.82) is 0 Å². The molecule has 1 aromatic heterocycles. The zero-order chi connectivity index (χ0) is 21.8. The van der Waals surface area contributed by atoms with E-state index in [4.69, 9.17) is 9.47 Å². The summed E-state index contributed by atoms with van der Waals surface area (Å²) in [6.07, 6.45) is 1.84. The summed E-state index contributed by atoms with van der Waals surface area (Å²) in [5, 5.41) is 12.6. The van der Waals surface area contributed by atoms with Gasteiger partial charge in [-0.2, -0.15) is 4.68 Å². The molecular formula is C22H25N5O3S. The molecule has 9 heteroatoms. The molecule has 1 aliphatic rings. The highest BCUT2D eigenvalue weighted by molar-refractivity contribution is 7.99. The van der Waals surface area contributed by atoms with Gasteiger partial charge in [0.2, 0.25) is 11.1 Å². The number of thioether (sulfide) groups is 1. The molecule has 0 saturated carbocycles. The van der Waals surface area contributed by atoms with Crippen molar-refractivity contribution < 1.29 is 14.3 Å². The van der Waals surface area contributed by atoms with Crippen LogP contribution < -0.4 is 9.47 Å². The van der Waals surface area contributed by atoms with Gasteiger partial charge in [-0.25, -0.2) is 0 Å². The third-order valence-electron chi connectivity index (χ3n) is 5.48. The van der Waals surface area contributed by atoms with Crippen molar-refractivity contribution in [3.8, 4) is 17.2 Å². The standard InChI is InChI=1S/C22H25N5O3S/c1-15-7-4-5-8-18(15)27-22(23-24-25-27)31-14-21(28)26-12-6-9-19(26)17-13-16(29-2)10-11-20(17)30-3/h4-5,7-8,10-11,13,19H,6,9,12,14H2,1-3H3. The first-order valence-corrected chi connectivity index (χ1v) is 11.1. The summed E-state index contributed by atoms with van der Waals surface area (Å²) in [5.74, 6) is 1.83. The Morgan fingerprint density at radius 2 is 2.03 bits per heavy atom. The normalized spacial score (nSPS) is 15.8. The third-order valence-corrected chi connectivity index (χ3v) is 6.38. The van der Waals surface area contributed by atoms with E-state index in [0.29, 0.717) is 11.7 Å². The van der Waals surface area contributed by atoms with E-state index in [0.717, 1.165) is 41.2 Å². The molecular weight excluding hydrogens is 414 g/mol. The molecule has 162 valence electrons. The molecule has 1 atom stereocenters. The second-order valence-corrected chi connectivity index (χ2v) is 8.24. The number of ether oxygens (including phenoxy) is 2. The number of benzene rings is 2. The third kappa shape index (κ3) is 4.36. The van der Waals surface area contributed by atoms with Crippen LogP contribution in [-0.4, -0.2) is 57.5 Å². The van der Waals surface area contributed by atoms with Gasteiger partial charge in [0.25, 0.3) is 0 Å². The molecule has 2 heterocycles. The highest BCUT2D eigenvalue weighted by atomic mass is 32.2. The van der Waals surface area contributed by atoms with Gasteiger partial charge in [0.15, 0.2) is 0 Å². The Morgan fingerprint density at radius 3 is 2.81 bits per heavy atom. The SMILES string of the molecule is COc1ccc(OC)c(C2CCCN2C(=O)CSc2nnnn2-c2ccccc2C)c1. The zero-order valence-corrected chi connectivity index (χ0v) is 18.6. The van der Waals surface area contributed by atoms with Gasteiger partial charge in [0, 0.05) is 12.1 Å². The minimum Gasteiger partial charge on any atom is -0.497 e. The van der Waals surface area contributed by atoms with Crippen molar-refractivity contribution in [2.45, 2.75) is 31.0 Å². The van der Waals surface area contributed by atoms with Crippen LogP contribution in [0.3, 0.4) is 0 Å². The van der Waals surface area contributed by atoms with Gasteiger partial charge in [-0.05, 0) is 60.0 Å². The largest absolute Gasteiger partial charge is 0.497 e. The molecule has 0 bridgehead atoms. The maximum absolute atomic E-state index is 13.1. The van der Waals surface area contributed by atoms with Crippen LogP contribution in [0, 0.1) is 6.92 Å². The van der Waals surface area contributed by atoms with Crippen LogP contribution in [0.1, 0.15) is 30.0 Å². The molecule has 0 aliphatic carbocycles. The molecule has 1 fully saturated rings. The molecule has 3 aromatic rings. The van der Waals surface area contributed by atoms with E-state index in [1.165, 1.54) is 11.8 Å². The Morgan fingerprint density at radius 1 is 1.19 bits per heavy atom. The maximum atomic E-state index is 13.1. The molecule has 1 unspecified atom stereocenters. The van der Waals surface area contributed by atoms with E-state index < -0.39 is 0 Å². The van der Waals surface area contributed by atoms with Gasteiger partial charge in [-0.1, -0.05) is 30.0 Å². The van der Waals surface area contributed by atoms with E-state index in [2.05, 4.69) is 15.5 Å². The molecule has 31 heavy (non-hydrogen) atoms. The van der Waals surface area contributed by atoms with Gasteiger partial charge in [0.1, 0.15) is 11.5 Å². The summed E-state index contributed by atoms with van der Waals surface area (Å²) >= 11 is 1.35. The number of hydrogen-bond donors (Lipinski definition) is 0. The number of aryl methyl sites for hydroxylation is 1. The van der Waals surface area contributed by atoms with Crippen LogP contribution in [0.2, 0.25) is 0 Å². The van der Waals surface area contributed by atoms with E-state index in [1.807, 2.05) is 54.3 Å². The maximum Gasteiger partial charge on any atom is 0.233 e. The summed E-state index contributed by atoms with van der Waals surface area (Å²) in [6.45, 7) is 2.72. The molecule has 1 amide bonds. The summed E-state index contributed by atoms with van der Waals surface area (Å²) in [4.78, 5) is 15.1. The number of rotatable bonds is 7. The van der Waals surface area contributed by atoms with Gasteiger partial charge >= 0.3 is 0 Å². The first-order chi connectivity index (χ1) is 15.1. The number of carbonyl (C=O) groups excluding carboxylic acids is 1. The van der Waals surface area contributed by atoms with Crippen LogP contribution in [0.5, 0.6) is 11.5 Å². The Hall–Kier alpha value is -3.07.